The van der Waals surface area contributed by atoms with Crippen molar-refractivity contribution < 1.29 is 14.3 Å². The van der Waals surface area contributed by atoms with Gasteiger partial charge in [-0.25, -0.2) is 4.79 Å². The second-order valence-electron chi connectivity index (χ2n) is 7.04. The minimum Gasteiger partial charge on any atom is -0.347 e. The molecule has 2 saturated heterocycles. The minimum atomic E-state index is -0.433. The highest BCUT2D eigenvalue weighted by Gasteiger charge is 2.45. The molecule has 5 nitrogen and oxygen atoms in total. The second kappa shape index (κ2) is 6.21. The summed E-state index contributed by atoms with van der Waals surface area (Å²) in [6.07, 6.45) is 3.73. The van der Waals surface area contributed by atoms with E-state index in [-0.39, 0.29) is 11.4 Å². The summed E-state index contributed by atoms with van der Waals surface area (Å²) < 4.78 is 11.4. The van der Waals surface area contributed by atoms with Gasteiger partial charge in [-0.2, -0.15) is 0 Å². The van der Waals surface area contributed by atoms with Gasteiger partial charge in [0.1, 0.15) is 0 Å². The molecule has 0 aromatic heterocycles. The van der Waals surface area contributed by atoms with Crippen molar-refractivity contribution in [3.8, 4) is 0 Å². The van der Waals surface area contributed by atoms with Crippen molar-refractivity contribution in [2.45, 2.75) is 36.9 Å². The van der Waals surface area contributed by atoms with Gasteiger partial charge < -0.3 is 19.7 Å². The summed E-state index contributed by atoms with van der Waals surface area (Å²) in [7, 11) is 0. The first-order valence-corrected chi connectivity index (χ1v) is 9.06. The van der Waals surface area contributed by atoms with Crippen molar-refractivity contribution in [3.63, 3.8) is 0 Å². The molecule has 3 fully saturated rings. The van der Waals surface area contributed by atoms with Crippen LogP contribution in [0.15, 0.2) is 24.3 Å². The molecule has 1 aromatic carbocycles. The Morgan fingerprint density at radius 2 is 1.71 bits per heavy atom. The number of likely N-dealkylation sites (tertiary alicyclic amines) is 1. The van der Waals surface area contributed by atoms with Crippen LogP contribution in [-0.2, 0) is 14.9 Å². The molecule has 4 rings (SSSR count). The Balaban J connectivity index is 1.30. The van der Waals surface area contributed by atoms with Gasteiger partial charge in [0.2, 0.25) is 0 Å². The van der Waals surface area contributed by atoms with E-state index in [0.29, 0.717) is 32.8 Å². The van der Waals surface area contributed by atoms with Crippen LogP contribution in [0.4, 0.5) is 4.79 Å². The number of benzene rings is 1. The van der Waals surface area contributed by atoms with E-state index in [0.717, 1.165) is 30.7 Å². The molecule has 1 N–H and O–H groups in total. The van der Waals surface area contributed by atoms with Gasteiger partial charge in [0.15, 0.2) is 5.79 Å². The molecule has 1 aromatic rings. The van der Waals surface area contributed by atoms with Crippen molar-refractivity contribution in [2.75, 3.05) is 32.8 Å². The fourth-order valence-corrected chi connectivity index (χ4v) is 3.84. The predicted molar refractivity (Wildman–Crippen MR) is 91.2 cm³/mol. The number of hydrogen-bond donors (Lipinski definition) is 1. The molecule has 24 heavy (non-hydrogen) atoms. The van der Waals surface area contributed by atoms with Gasteiger partial charge in [0.25, 0.3) is 0 Å². The lowest BCUT2D eigenvalue weighted by molar-refractivity contribution is -0.181. The van der Waals surface area contributed by atoms with E-state index in [1.807, 2.05) is 17.0 Å². The number of rotatable bonds is 3. The number of nitrogens with zero attached hydrogens (tertiary/aromatic N) is 1. The SMILES string of the molecule is O=C(NCC1(c2ccc(Cl)cc2)CC1)N1CCC2(CC1)OCCO2. The molecular formula is C18H23ClN2O3. The summed E-state index contributed by atoms with van der Waals surface area (Å²) >= 11 is 5.97. The van der Waals surface area contributed by atoms with E-state index < -0.39 is 5.79 Å². The number of nitrogens with one attached hydrogen (secondary N) is 1. The molecule has 6 heteroatoms. The van der Waals surface area contributed by atoms with Crippen LogP contribution in [0.5, 0.6) is 0 Å². The lowest BCUT2D eigenvalue weighted by Crippen LogP contribution is -2.51. The van der Waals surface area contributed by atoms with Crippen LogP contribution in [0.1, 0.15) is 31.2 Å². The highest BCUT2D eigenvalue weighted by molar-refractivity contribution is 6.30. The van der Waals surface area contributed by atoms with Gasteiger partial charge in [-0.15, -0.1) is 0 Å². The molecule has 1 spiro atoms. The third kappa shape index (κ3) is 3.13. The Bertz CT molecular complexity index is 599. The zero-order chi connectivity index (χ0) is 16.6. The molecule has 2 heterocycles. The van der Waals surface area contributed by atoms with Gasteiger partial charge in [-0.05, 0) is 30.5 Å². The maximum atomic E-state index is 12.5. The Morgan fingerprint density at radius 3 is 2.29 bits per heavy atom. The average Bonchev–Trinajstić information content (AvgIpc) is 3.27. The molecule has 3 aliphatic rings. The Kier molecular flexibility index (Phi) is 4.19. The van der Waals surface area contributed by atoms with Crippen LogP contribution < -0.4 is 5.32 Å². The molecule has 2 aliphatic heterocycles. The summed E-state index contributed by atoms with van der Waals surface area (Å²) in [4.78, 5) is 14.3. The van der Waals surface area contributed by atoms with Gasteiger partial charge in [-0.1, -0.05) is 23.7 Å². The molecule has 0 radical (unpaired) electrons. The van der Waals surface area contributed by atoms with Crippen molar-refractivity contribution in [3.05, 3.63) is 34.9 Å². The Labute approximate surface area is 147 Å². The average molecular weight is 351 g/mol. The standard InChI is InChI=1S/C18H23ClN2O3/c19-15-3-1-14(2-4-15)17(5-6-17)13-20-16(22)21-9-7-18(8-10-21)23-11-12-24-18/h1-4H,5-13H2,(H,20,22). The fraction of sp³-hybridized carbons (Fsp3) is 0.611. The molecule has 130 valence electrons. The zero-order valence-corrected chi connectivity index (χ0v) is 14.5. The number of ether oxygens (including phenoxy) is 2. The third-order valence-corrected chi connectivity index (χ3v) is 5.77. The fourth-order valence-electron chi connectivity index (χ4n) is 3.71. The van der Waals surface area contributed by atoms with Crippen molar-refractivity contribution in [1.82, 2.24) is 10.2 Å². The molecule has 2 amide bonds. The second-order valence-corrected chi connectivity index (χ2v) is 7.48. The molecule has 0 bridgehead atoms. The van der Waals surface area contributed by atoms with Crippen molar-refractivity contribution in [2.24, 2.45) is 0 Å². The summed E-state index contributed by atoms with van der Waals surface area (Å²) in [6.45, 7) is 3.37. The minimum absolute atomic E-state index is 0.0167. The molecular weight excluding hydrogens is 328 g/mol. The third-order valence-electron chi connectivity index (χ3n) is 5.51. The number of urea groups is 1. The normalized spacial score (nSPS) is 24.1. The van der Waals surface area contributed by atoms with Crippen molar-refractivity contribution in [1.29, 1.82) is 0 Å². The predicted octanol–water partition coefficient (Wildman–Crippen LogP) is 2.92. The smallest absolute Gasteiger partial charge is 0.317 e. The highest BCUT2D eigenvalue weighted by Crippen LogP contribution is 2.47. The molecule has 1 saturated carbocycles. The number of piperidine rings is 1. The van der Waals surface area contributed by atoms with E-state index in [2.05, 4.69) is 17.4 Å². The van der Waals surface area contributed by atoms with Gasteiger partial charge in [0.05, 0.1) is 13.2 Å². The van der Waals surface area contributed by atoms with E-state index in [1.165, 1.54) is 5.56 Å². The first-order chi connectivity index (χ1) is 11.6. The van der Waals surface area contributed by atoms with E-state index >= 15 is 0 Å². The van der Waals surface area contributed by atoms with Gasteiger partial charge >= 0.3 is 6.03 Å². The maximum Gasteiger partial charge on any atom is 0.317 e. The van der Waals surface area contributed by atoms with Gasteiger partial charge in [-0.3, -0.25) is 0 Å². The van der Waals surface area contributed by atoms with Crippen LogP contribution in [-0.4, -0.2) is 49.6 Å². The maximum absolute atomic E-state index is 12.5. The number of halogens is 1. The van der Waals surface area contributed by atoms with E-state index in [1.54, 1.807) is 0 Å². The quantitative estimate of drug-likeness (QED) is 0.911. The largest absolute Gasteiger partial charge is 0.347 e. The molecule has 0 atom stereocenters. The number of amides is 2. The summed E-state index contributed by atoms with van der Waals surface area (Å²) in [5.41, 5.74) is 1.35. The monoisotopic (exact) mass is 350 g/mol. The van der Waals surface area contributed by atoms with Crippen molar-refractivity contribution >= 4 is 17.6 Å². The van der Waals surface area contributed by atoms with Crippen LogP contribution in [0.3, 0.4) is 0 Å². The van der Waals surface area contributed by atoms with Crippen LogP contribution in [0, 0.1) is 0 Å². The molecule has 0 unspecified atom stereocenters. The van der Waals surface area contributed by atoms with Crippen LogP contribution in [0.2, 0.25) is 5.02 Å². The first kappa shape index (κ1) is 16.2. The van der Waals surface area contributed by atoms with Crippen LogP contribution >= 0.6 is 11.6 Å². The number of carbonyl (C=O) groups excluding carboxylic acids is 1. The summed E-state index contributed by atoms with van der Waals surface area (Å²) in [6, 6.07) is 8.00. The zero-order valence-electron chi connectivity index (χ0n) is 13.7. The molecule has 1 aliphatic carbocycles. The van der Waals surface area contributed by atoms with Gasteiger partial charge in [0, 0.05) is 42.9 Å². The lowest BCUT2D eigenvalue weighted by atomic mass is 9.96. The summed E-state index contributed by atoms with van der Waals surface area (Å²) in [5.74, 6) is -0.433. The summed E-state index contributed by atoms with van der Waals surface area (Å²) in [5, 5.41) is 3.87. The first-order valence-electron chi connectivity index (χ1n) is 8.68. The highest BCUT2D eigenvalue weighted by atomic mass is 35.5. The number of hydrogen-bond acceptors (Lipinski definition) is 3. The van der Waals surface area contributed by atoms with E-state index in [9.17, 15) is 4.79 Å². The Hall–Kier alpha value is -1.30. The number of carbonyl (C=O) groups is 1. The van der Waals surface area contributed by atoms with Crippen LogP contribution in [0.25, 0.3) is 0 Å². The lowest BCUT2D eigenvalue weighted by Gasteiger charge is -2.37. The Morgan fingerprint density at radius 1 is 1.08 bits per heavy atom. The van der Waals surface area contributed by atoms with E-state index in [4.69, 9.17) is 21.1 Å². The topological polar surface area (TPSA) is 50.8 Å².